The summed E-state index contributed by atoms with van der Waals surface area (Å²) in [5.41, 5.74) is 0.0219. The van der Waals surface area contributed by atoms with E-state index in [2.05, 4.69) is 4.98 Å². The molecular weight excluding hydrogens is 244 g/mol. The van der Waals surface area contributed by atoms with Gasteiger partial charge in [0.2, 0.25) is 5.91 Å². The average molecular weight is 260 g/mol. The quantitative estimate of drug-likeness (QED) is 0.834. The molecule has 0 unspecified atom stereocenters. The van der Waals surface area contributed by atoms with Crippen molar-refractivity contribution in [2.75, 3.05) is 13.1 Å². The number of aliphatic carboxylic acids is 1. The van der Waals surface area contributed by atoms with Crippen LogP contribution in [-0.4, -0.2) is 40.0 Å². The molecule has 1 aromatic rings. The maximum absolute atomic E-state index is 12.0. The van der Waals surface area contributed by atoms with Gasteiger partial charge in [-0.05, 0) is 31.1 Å². The number of hydrogen-bond acceptors (Lipinski definition) is 3. The van der Waals surface area contributed by atoms with Crippen LogP contribution in [0.3, 0.4) is 0 Å². The smallest absolute Gasteiger partial charge is 0.311 e. The van der Waals surface area contributed by atoms with Crippen LogP contribution in [0.1, 0.15) is 18.9 Å². The maximum atomic E-state index is 12.0. The zero-order valence-electron chi connectivity index (χ0n) is 10.7. The predicted octanol–water partition coefficient (Wildman–Crippen LogP) is 1.42. The molecule has 0 aliphatic carbocycles. The van der Waals surface area contributed by atoms with Gasteiger partial charge in [0.1, 0.15) is 0 Å². The van der Waals surface area contributed by atoms with E-state index in [-0.39, 0.29) is 12.5 Å². The highest BCUT2D eigenvalue weighted by atomic mass is 16.4. The zero-order valence-corrected chi connectivity index (χ0v) is 10.7. The molecule has 0 saturated carbocycles. The molecule has 1 fully saturated rings. The van der Waals surface area contributed by atoms with Crippen LogP contribution in [-0.2, 0) is 9.59 Å². The van der Waals surface area contributed by atoms with Crippen LogP contribution >= 0.6 is 0 Å². The van der Waals surface area contributed by atoms with E-state index in [1.165, 1.54) is 6.08 Å². The fraction of sp³-hybridized carbons (Fsp3) is 0.357. The molecule has 2 heterocycles. The zero-order chi connectivity index (χ0) is 13.9. The minimum atomic E-state index is -0.848. The fourth-order valence-corrected chi connectivity index (χ4v) is 2.07. The van der Waals surface area contributed by atoms with Gasteiger partial charge >= 0.3 is 5.97 Å². The van der Waals surface area contributed by atoms with Crippen molar-refractivity contribution < 1.29 is 14.7 Å². The van der Waals surface area contributed by atoms with Gasteiger partial charge in [-0.2, -0.15) is 0 Å². The number of amides is 1. The predicted molar refractivity (Wildman–Crippen MR) is 70.2 cm³/mol. The largest absolute Gasteiger partial charge is 0.481 e. The third-order valence-corrected chi connectivity index (χ3v) is 3.40. The van der Waals surface area contributed by atoms with E-state index >= 15 is 0 Å². The van der Waals surface area contributed by atoms with Crippen LogP contribution in [0.25, 0.3) is 6.08 Å². The summed E-state index contributed by atoms with van der Waals surface area (Å²) >= 11 is 0. The molecule has 2 rings (SSSR count). The molecule has 100 valence electrons. The Bertz CT molecular complexity index is 513. The fourth-order valence-electron chi connectivity index (χ4n) is 2.07. The molecule has 0 radical (unpaired) electrons. The Kier molecular flexibility index (Phi) is 3.64. The topological polar surface area (TPSA) is 70.5 Å². The van der Waals surface area contributed by atoms with Crippen molar-refractivity contribution in [1.82, 2.24) is 9.88 Å². The summed E-state index contributed by atoms with van der Waals surface area (Å²) in [5, 5.41) is 9.12. The van der Waals surface area contributed by atoms with Crippen LogP contribution in [0, 0.1) is 5.41 Å². The highest BCUT2D eigenvalue weighted by molar-refractivity contribution is 5.92. The van der Waals surface area contributed by atoms with Crippen molar-refractivity contribution in [2.45, 2.75) is 13.3 Å². The first-order chi connectivity index (χ1) is 9.01. The summed E-state index contributed by atoms with van der Waals surface area (Å²) in [6.07, 6.45) is 6.97. The van der Waals surface area contributed by atoms with Gasteiger partial charge in [0, 0.05) is 31.6 Å². The van der Waals surface area contributed by atoms with Crippen LogP contribution in [0.2, 0.25) is 0 Å². The van der Waals surface area contributed by atoms with E-state index in [0.717, 1.165) is 5.56 Å². The van der Waals surface area contributed by atoms with Gasteiger partial charge in [-0.1, -0.05) is 6.07 Å². The molecule has 1 aliphatic heterocycles. The van der Waals surface area contributed by atoms with E-state index in [1.54, 1.807) is 36.4 Å². The molecule has 5 heteroatoms. The van der Waals surface area contributed by atoms with Crippen molar-refractivity contribution in [3.8, 4) is 0 Å². The molecule has 1 aromatic heterocycles. The standard InChI is InChI=1S/C14H16N2O3/c1-14(13(18)19)6-8-16(10-14)12(17)5-4-11-3-2-7-15-9-11/h2-5,7,9H,6,8,10H2,1H3,(H,18,19)/b5-4+/t14-/m0/s1. The van der Waals surface area contributed by atoms with Gasteiger partial charge in [-0.3, -0.25) is 14.6 Å². The SMILES string of the molecule is C[C@]1(C(=O)O)CCN(C(=O)/C=C/c2cccnc2)C1. The maximum Gasteiger partial charge on any atom is 0.311 e. The first kappa shape index (κ1) is 13.3. The van der Waals surface area contributed by atoms with Crippen LogP contribution in [0.4, 0.5) is 0 Å². The van der Waals surface area contributed by atoms with Crippen LogP contribution < -0.4 is 0 Å². The molecule has 1 amide bonds. The summed E-state index contributed by atoms with van der Waals surface area (Å²) in [6, 6.07) is 3.64. The second-order valence-electron chi connectivity index (χ2n) is 5.00. The van der Waals surface area contributed by atoms with Gasteiger partial charge in [0.25, 0.3) is 0 Å². The number of nitrogens with zero attached hydrogens (tertiary/aromatic N) is 2. The number of carboxylic acid groups (broad SMARTS) is 1. The highest BCUT2D eigenvalue weighted by Gasteiger charge is 2.41. The molecule has 1 saturated heterocycles. The van der Waals surface area contributed by atoms with Gasteiger partial charge < -0.3 is 10.0 Å². The first-order valence-electron chi connectivity index (χ1n) is 6.12. The Morgan fingerprint density at radius 3 is 2.89 bits per heavy atom. The van der Waals surface area contributed by atoms with E-state index in [0.29, 0.717) is 13.0 Å². The Hall–Kier alpha value is -2.17. The van der Waals surface area contributed by atoms with E-state index in [9.17, 15) is 9.59 Å². The molecule has 0 bridgehead atoms. The summed E-state index contributed by atoms with van der Waals surface area (Å²) in [6.45, 7) is 2.42. The first-order valence-corrected chi connectivity index (χ1v) is 6.12. The minimum Gasteiger partial charge on any atom is -0.481 e. The number of pyridine rings is 1. The van der Waals surface area contributed by atoms with E-state index < -0.39 is 11.4 Å². The van der Waals surface area contributed by atoms with Gasteiger partial charge in [-0.15, -0.1) is 0 Å². The summed E-state index contributed by atoms with van der Waals surface area (Å²) < 4.78 is 0. The molecule has 1 atom stereocenters. The Balaban J connectivity index is 1.99. The summed E-state index contributed by atoms with van der Waals surface area (Å²) in [7, 11) is 0. The van der Waals surface area contributed by atoms with Crippen molar-refractivity contribution in [1.29, 1.82) is 0 Å². The van der Waals surface area contributed by atoms with Crippen molar-refractivity contribution in [2.24, 2.45) is 5.41 Å². The molecule has 1 N–H and O–H groups in total. The number of carbonyl (C=O) groups is 2. The van der Waals surface area contributed by atoms with Gasteiger partial charge in [0.15, 0.2) is 0 Å². The molecule has 0 aromatic carbocycles. The molecular formula is C14H16N2O3. The monoisotopic (exact) mass is 260 g/mol. The molecule has 19 heavy (non-hydrogen) atoms. The lowest BCUT2D eigenvalue weighted by molar-refractivity contribution is -0.147. The third kappa shape index (κ3) is 2.99. The number of carboxylic acids is 1. The number of hydrogen-bond donors (Lipinski definition) is 1. The molecule has 0 spiro atoms. The van der Waals surface area contributed by atoms with Crippen molar-refractivity contribution in [3.05, 3.63) is 36.2 Å². The third-order valence-electron chi connectivity index (χ3n) is 3.40. The Morgan fingerprint density at radius 2 is 2.32 bits per heavy atom. The molecule has 5 nitrogen and oxygen atoms in total. The van der Waals surface area contributed by atoms with Crippen molar-refractivity contribution in [3.63, 3.8) is 0 Å². The second-order valence-corrected chi connectivity index (χ2v) is 5.00. The Labute approximate surface area is 111 Å². The second kappa shape index (κ2) is 5.22. The van der Waals surface area contributed by atoms with Gasteiger partial charge in [0.05, 0.1) is 5.41 Å². The number of likely N-dealkylation sites (tertiary alicyclic amines) is 1. The lowest BCUT2D eigenvalue weighted by Gasteiger charge is -2.18. The molecule has 1 aliphatic rings. The lowest BCUT2D eigenvalue weighted by atomic mass is 9.90. The number of carbonyl (C=O) groups excluding carboxylic acids is 1. The van der Waals surface area contributed by atoms with E-state index in [1.807, 2.05) is 6.07 Å². The summed E-state index contributed by atoms with van der Waals surface area (Å²) in [5.74, 6) is -1.01. The summed E-state index contributed by atoms with van der Waals surface area (Å²) in [4.78, 5) is 28.6. The number of rotatable bonds is 3. The average Bonchev–Trinajstić information content (AvgIpc) is 2.81. The minimum absolute atomic E-state index is 0.158. The Morgan fingerprint density at radius 1 is 1.53 bits per heavy atom. The van der Waals surface area contributed by atoms with Crippen molar-refractivity contribution >= 4 is 18.0 Å². The van der Waals surface area contributed by atoms with Gasteiger partial charge in [-0.25, -0.2) is 0 Å². The van der Waals surface area contributed by atoms with Crippen LogP contribution in [0.5, 0.6) is 0 Å². The number of aromatic nitrogens is 1. The van der Waals surface area contributed by atoms with E-state index in [4.69, 9.17) is 5.11 Å². The lowest BCUT2D eigenvalue weighted by Crippen LogP contribution is -2.34. The normalized spacial score (nSPS) is 22.9. The highest BCUT2D eigenvalue weighted by Crippen LogP contribution is 2.30. The van der Waals surface area contributed by atoms with Crippen LogP contribution in [0.15, 0.2) is 30.6 Å².